The molecule has 0 heterocycles. The Labute approximate surface area is 104 Å². The van der Waals surface area contributed by atoms with Crippen LogP contribution in [0.1, 0.15) is 50.7 Å². The molecule has 94 valence electrons. The fourth-order valence-corrected chi connectivity index (χ4v) is 1.71. The van der Waals surface area contributed by atoms with Crippen molar-refractivity contribution in [2.45, 2.75) is 46.1 Å². The molecule has 17 heavy (non-hydrogen) atoms. The molecule has 1 aliphatic carbocycles. The molecule has 2 heteroatoms. The highest BCUT2D eigenvalue weighted by molar-refractivity contribution is 5.77. The maximum absolute atomic E-state index is 10.7. The van der Waals surface area contributed by atoms with Crippen molar-refractivity contribution < 1.29 is 4.79 Å². The molecule has 0 aliphatic heterocycles. The largest absolute Gasteiger partial charge is 0.306 e. The van der Waals surface area contributed by atoms with Gasteiger partial charge >= 0.3 is 0 Å². The molecule has 0 bridgehead atoms. The van der Waals surface area contributed by atoms with E-state index in [0.29, 0.717) is 6.54 Å². The maximum atomic E-state index is 10.7. The summed E-state index contributed by atoms with van der Waals surface area (Å²) in [5, 5.41) is 3.12. The van der Waals surface area contributed by atoms with E-state index < -0.39 is 0 Å². The summed E-state index contributed by atoms with van der Waals surface area (Å²) in [4.78, 5) is 10.7. The lowest BCUT2D eigenvalue weighted by molar-refractivity contribution is -0.116. The molecular formula is C15H23NO. The van der Waals surface area contributed by atoms with E-state index in [4.69, 9.17) is 0 Å². The van der Waals surface area contributed by atoms with E-state index in [-0.39, 0.29) is 5.78 Å². The second-order valence-corrected chi connectivity index (χ2v) is 4.32. The summed E-state index contributed by atoms with van der Waals surface area (Å²) >= 11 is 0. The van der Waals surface area contributed by atoms with Gasteiger partial charge in [0.2, 0.25) is 0 Å². The molecule has 1 N–H and O–H groups in total. The van der Waals surface area contributed by atoms with E-state index in [1.807, 2.05) is 13.8 Å². The molecule has 1 aliphatic rings. The first-order valence-corrected chi connectivity index (χ1v) is 6.54. The Morgan fingerprint density at radius 2 is 1.82 bits per heavy atom. The average Bonchev–Trinajstić information content (AvgIpc) is 3.16. The summed E-state index contributed by atoms with van der Waals surface area (Å²) in [5.74, 6) is 1.01. The minimum atomic E-state index is 0.185. The fraction of sp³-hybridized carbons (Fsp3) is 0.533. The Bertz CT molecular complexity index is 338. The van der Waals surface area contributed by atoms with Crippen LogP contribution < -0.4 is 5.32 Å². The van der Waals surface area contributed by atoms with Gasteiger partial charge in [-0.3, -0.25) is 4.79 Å². The standard InChI is InChI=1S/C13H17NO.C2H6/c1-10(15)8-14-9-11-2-4-12(5-3-11)13-6-7-13;1-2/h2-5,13-14H,6-9H2,1H3;1-2H3. The van der Waals surface area contributed by atoms with Gasteiger partial charge in [0.05, 0.1) is 6.54 Å². The normalized spacial score (nSPS) is 13.8. The molecule has 1 fully saturated rings. The number of Topliss-reactive ketones (excluding diaryl/α,β-unsaturated/α-hetero) is 1. The first-order valence-electron chi connectivity index (χ1n) is 6.54. The van der Waals surface area contributed by atoms with Crippen LogP contribution in [-0.4, -0.2) is 12.3 Å². The zero-order valence-electron chi connectivity index (χ0n) is 11.1. The Hall–Kier alpha value is -1.15. The van der Waals surface area contributed by atoms with Crippen LogP contribution >= 0.6 is 0 Å². The molecule has 0 unspecified atom stereocenters. The summed E-state index contributed by atoms with van der Waals surface area (Å²) in [6.45, 7) is 6.85. The predicted octanol–water partition coefficient (Wildman–Crippen LogP) is 3.27. The summed E-state index contributed by atoms with van der Waals surface area (Å²) in [6.07, 6.45) is 2.70. The molecule has 1 aromatic rings. The fourth-order valence-electron chi connectivity index (χ4n) is 1.71. The van der Waals surface area contributed by atoms with E-state index in [9.17, 15) is 4.79 Å². The Morgan fingerprint density at radius 3 is 2.29 bits per heavy atom. The van der Waals surface area contributed by atoms with Crippen molar-refractivity contribution in [2.75, 3.05) is 6.54 Å². The van der Waals surface area contributed by atoms with Crippen LogP contribution in [0.4, 0.5) is 0 Å². The van der Waals surface area contributed by atoms with Gasteiger partial charge in [0.1, 0.15) is 5.78 Å². The van der Waals surface area contributed by atoms with Crippen molar-refractivity contribution in [3.63, 3.8) is 0 Å². The summed E-state index contributed by atoms with van der Waals surface area (Å²) < 4.78 is 0. The lowest BCUT2D eigenvalue weighted by Gasteiger charge is -2.04. The third-order valence-electron chi connectivity index (χ3n) is 2.73. The molecule has 0 radical (unpaired) electrons. The molecule has 0 spiro atoms. The van der Waals surface area contributed by atoms with Crippen molar-refractivity contribution in [1.29, 1.82) is 0 Å². The summed E-state index contributed by atoms with van der Waals surface area (Å²) in [7, 11) is 0. The first-order chi connectivity index (χ1) is 8.25. The van der Waals surface area contributed by atoms with E-state index in [1.165, 1.54) is 24.0 Å². The number of carbonyl (C=O) groups is 1. The number of nitrogens with one attached hydrogen (secondary N) is 1. The molecule has 1 aromatic carbocycles. The molecule has 0 aromatic heterocycles. The molecule has 1 saturated carbocycles. The SMILES string of the molecule is CC.CC(=O)CNCc1ccc(C2CC2)cc1. The number of hydrogen-bond donors (Lipinski definition) is 1. The number of ketones is 1. The van der Waals surface area contributed by atoms with Gasteiger partial charge in [0.25, 0.3) is 0 Å². The maximum Gasteiger partial charge on any atom is 0.143 e. The highest BCUT2D eigenvalue weighted by Gasteiger charge is 2.22. The molecular weight excluding hydrogens is 210 g/mol. The number of rotatable bonds is 5. The monoisotopic (exact) mass is 233 g/mol. The van der Waals surface area contributed by atoms with Gasteiger partial charge in [0, 0.05) is 6.54 Å². The van der Waals surface area contributed by atoms with Gasteiger partial charge in [-0.2, -0.15) is 0 Å². The van der Waals surface area contributed by atoms with Crippen LogP contribution in [0.25, 0.3) is 0 Å². The Balaban J connectivity index is 0.000000686. The zero-order chi connectivity index (χ0) is 12.7. The van der Waals surface area contributed by atoms with Crippen LogP contribution in [0.2, 0.25) is 0 Å². The van der Waals surface area contributed by atoms with Crippen molar-refractivity contribution in [3.05, 3.63) is 35.4 Å². The Kier molecular flexibility index (Phi) is 5.92. The van der Waals surface area contributed by atoms with Gasteiger partial charge in [-0.25, -0.2) is 0 Å². The predicted molar refractivity (Wildman–Crippen MR) is 72.2 cm³/mol. The lowest BCUT2D eigenvalue weighted by atomic mass is 10.1. The quantitative estimate of drug-likeness (QED) is 0.845. The Morgan fingerprint density at radius 1 is 1.24 bits per heavy atom. The lowest BCUT2D eigenvalue weighted by Crippen LogP contribution is -2.20. The summed E-state index contributed by atoms with van der Waals surface area (Å²) in [5.41, 5.74) is 2.71. The molecule has 2 rings (SSSR count). The third-order valence-corrected chi connectivity index (χ3v) is 2.73. The van der Waals surface area contributed by atoms with E-state index in [2.05, 4.69) is 29.6 Å². The van der Waals surface area contributed by atoms with Gasteiger partial charge in [-0.1, -0.05) is 38.1 Å². The van der Waals surface area contributed by atoms with Crippen LogP contribution in [0.3, 0.4) is 0 Å². The first kappa shape index (κ1) is 13.9. The third kappa shape index (κ3) is 5.14. The van der Waals surface area contributed by atoms with Gasteiger partial charge in [-0.15, -0.1) is 0 Å². The molecule has 0 saturated heterocycles. The van der Waals surface area contributed by atoms with Gasteiger partial charge < -0.3 is 5.32 Å². The highest BCUT2D eigenvalue weighted by atomic mass is 16.1. The van der Waals surface area contributed by atoms with Crippen molar-refractivity contribution in [2.24, 2.45) is 0 Å². The average molecular weight is 233 g/mol. The highest BCUT2D eigenvalue weighted by Crippen LogP contribution is 2.39. The van der Waals surface area contributed by atoms with E-state index >= 15 is 0 Å². The zero-order valence-corrected chi connectivity index (χ0v) is 11.1. The molecule has 2 nitrogen and oxygen atoms in total. The van der Waals surface area contributed by atoms with Gasteiger partial charge in [0.15, 0.2) is 0 Å². The van der Waals surface area contributed by atoms with Gasteiger partial charge in [-0.05, 0) is 36.8 Å². The second-order valence-electron chi connectivity index (χ2n) is 4.32. The number of benzene rings is 1. The van der Waals surface area contributed by atoms with Crippen LogP contribution in [0, 0.1) is 0 Å². The van der Waals surface area contributed by atoms with Crippen molar-refractivity contribution in [3.8, 4) is 0 Å². The van der Waals surface area contributed by atoms with Crippen molar-refractivity contribution >= 4 is 5.78 Å². The van der Waals surface area contributed by atoms with Crippen LogP contribution in [-0.2, 0) is 11.3 Å². The van der Waals surface area contributed by atoms with Crippen LogP contribution in [0.15, 0.2) is 24.3 Å². The number of hydrogen-bond acceptors (Lipinski definition) is 2. The van der Waals surface area contributed by atoms with Crippen LogP contribution in [0.5, 0.6) is 0 Å². The topological polar surface area (TPSA) is 29.1 Å². The number of carbonyl (C=O) groups excluding carboxylic acids is 1. The molecule has 0 amide bonds. The van der Waals surface area contributed by atoms with E-state index in [1.54, 1.807) is 6.92 Å². The minimum Gasteiger partial charge on any atom is -0.306 e. The van der Waals surface area contributed by atoms with E-state index in [0.717, 1.165) is 12.5 Å². The second kappa shape index (κ2) is 7.23. The summed E-state index contributed by atoms with van der Waals surface area (Å²) in [6, 6.07) is 8.73. The smallest absolute Gasteiger partial charge is 0.143 e. The van der Waals surface area contributed by atoms with Crippen molar-refractivity contribution in [1.82, 2.24) is 5.32 Å². The minimum absolute atomic E-state index is 0.185. The molecule has 0 atom stereocenters.